The van der Waals surface area contributed by atoms with E-state index in [9.17, 15) is 24.0 Å². The van der Waals surface area contributed by atoms with Crippen molar-refractivity contribution < 1.29 is 43.0 Å². The highest BCUT2D eigenvalue weighted by atomic mass is 35.5. The number of ether oxygens (including phenoxy) is 2. The van der Waals surface area contributed by atoms with Crippen LogP contribution in [0.3, 0.4) is 0 Å². The van der Waals surface area contributed by atoms with E-state index in [-0.39, 0.29) is 28.9 Å². The number of aromatic carboxylic acids is 1. The van der Waals surface area contributed by atoms with Crippen molar-refractivity contribution in [1.82, 2.24) is 10.4 Å². The van der Waals surface area contributed by atoms with Crippen LogP contribution in [-0.4, -0.2) is 59.5 Å². The molecule has 0 aliphatic carbocycles. The van der Waals surface area contributed by atoms with Crippen molar-refractivity contribution in [3.05, 3.63) is 79.8 Å². The van der Waals surface area contributed by atoms with Gasteiger partial charge in [0.15, 0.2) is 0 Å². The zero-order chi connectivity index (χ0) is 37.9. The molecule has 0 saturated heterocycles. The fourth-order valence-corrected chi connectivity index (χ4v) is 4.57. The summed E-state index contributed by atoms with van der Waals surface area (Å²) >= 11 is 11.6. The molecule has 3 aromatic rings. The second-order valence-electron chi connectivity index (χ2n) is 13.0. The maximum atomic E-state index is 12.0. The molecule has 0 radical (unpaired) electrons. The van der Waals surface area contributed by atoms with Gasteiger partial charge < -0.3 is 24.3 Å². The zero-order valence-corrected chi connectivity index (χ0v) is 31.2. The van der Waals surface area contributed by atoms with Crippen LogP contribution in [0.5, 0.6) is 0 Å². The predicted octanol–water partition coefficient (Wildman–Crippen LogP) is 7.75. The van der Waals surface area contributed by atoms with Crippen molar-refractivity contribution in [2.75, 3.05) is 14.2 Å². The van der Waals surface area contributed by atoms with Crippen LogP contribution in [0.1, 0.15) is 89.5 Å². The first-order chi connectivity index (χ1) is 22.5. The summed E-state index contributed by atoms with van der Waals surface area (Å²) in [6.45, 7) is 15.8. The van der Waals surface area contributed by atoms with Crippen LogP contribution in [0, 0.1) is 12.8 Å². The Hall–Kier alpha value is -4.13. The Morgan fingerprint density at radius 2 is 1.49 bits per heavy atom. The first-order valence-electron chi connectivity index (χ1n) is 15.2. The van der Waals surface area contributed by atoms with E-state index < -0.39 is 40.8 Å². The molecular formula is C35H46Cl2N2O10. The maximum absolute atomic E-state index is 12.0. The molecule has 0 aliphatic heterocycles. The van der Waals surface area contributed by atoms with Crippen molar-refractivity contribution in [3.8, 4) is 0 Å². The molecule has 0 bridgehead atoms. The van der Waals surface area contributed by atoms with Gasteiger partial charge in [-0.25, -0.2) is 19.4 Å². The number of rotatable bonds is 7. The molecule has 0 aliphatic rings. The van der Waals surface area contributed by atoms with Crippen molar-refractivity contribution >= 4 is 57.9 Å². The van der Waals surface area contributed by atoms with E-state index in [0.29, 0.717) is 27.1 Å². The highest BCUT2D eigenvalue weighted by molar-refractivity contribution is 6.35. The van der Waals surface area contributed by atoms with E-state index in [1.807, 2.05) is 0 Å². The summed E-state index contributed by atoms with van der Waals surface area (Å²) in [7, 11) is 2.91. The normalized spacial score (nSPS) is 12.3. The van der Waals surface area contributed by atoms with Crippen LogP contribution < -0.4 is 10.9 Å². The molecule has 0 spiro atoms. The third kappa shape index (κ3) is 14.9. The summed E-state index contributed by atoms with van der Waals surface area (Å²) in [6.07, 6.45) is -0.516. The fourth-order valence-electron chi connectivity index (χ4n) is 4.01. The minimum atomic E-state index is -0.979. The van der Waals surface area contributed by atoms with Gasteiger partial charge in [0.1, 0.15) is 17.0 Å². The van der Waals surface area contributed by atoms with Crippen LogP contribution >= 0.6 is 23.2 Å². The summed E-state index contributed by atoms with van der Waals surface area (Å²) in [6, 6.07) is 11.3. The van der Waals surface area contributed by atoms with E-state index in [0.717, 1.165) is 5.06 Å². The average Bonchev–Trinajstić information content (AvgIpc) is 2.94. The van der Waals surface area contributed by atoms with Crippen molar-refractivity contribution in [2.45, 2.75) is 86.0 Å². The molecule has 0 saturated carbocycles. The van der Waals surface area contributed by atoms with Crippen LogP contribution in [0.2, 0.25) is 10.0 Å². The number of hydrogen-bond acceptors (Lipinski definition) is 9. The van der Waals surface area contributed by atoms with Crippen LogP contribution in [0.15, 0.2) is 51.7 Å². The highest BCUT2D eigenvalue weighted by Gasteiger charge is 2.24. The molecule has 1 aromatic heterocycles. The molecule has 12 nitrogen and oxygen atoms in total. The largest absolute Gasteiger partial charge is 0.478 e. The molecule has 0 unspecified atom stereocenters. The number of aryl methyl sites for hydroxylation is 1. The standard InChI is InChI=1S/C16H18ClNO4.C11H21NO4.C8H7ClO2/c1-9(18-15(20)22-16(2,3)4)12-8-10-6-5-7-11(17)13(10)14(19)21-12;1-8(10(14)12(5)15-6)7-9(13)16-11(2,3)4;1-5-3-2-4-6(9)7(5)8(10)11/h5-9H,1-4H3,(H,18,20);8H,7H2,1-6H3;2-4H,1H3,(H,10,11)/t9-;8-;/m01./s1. The Morgan fingerprint density at radius 3 is 1.98 bits per heavy atom. The number of carboxylic acid groups (broad SMARTS) is 1. The number of amides is 2. The van der Waals surface area contributed by atoms with E-state index in [2.05, 4.69) is 5.32 Å². The minimum absolute atomic E-state index is 0.0593. The van der Waals surface area contributed by atoms with E-state index in [1.54, 1.807) is 105 Å². The number of hydrogen-bond donors (Lipinski definition) is 2. The smallest absolute Gasteiger partial charge is 0.408 e. The van der Waals surface area contributed by atoms with Crippen molar-refractivity contribution in [3.63, 3.8) is 0 Å². The van der Waals surface area contributed by atoms with Gasteiger partial charge in [0, 0.05) is 13.0 Å². The number of esters is 1. The highest BCUT2D eigenvalue weighted by Crippen LogP contribution is 2.23. The number of benzene rings is 2. The number of carboxylic acids is 1. The van der Waals surface area contributed by atoms with Gasteiger partial charge in [-0.05, 0) is 84.5 Å². The lowest BCUT2D eigenvalue weighted by Gasteiger charge is -2.22. The molecule has 2 amide bonds. The molecule has 3 rings (SSSR count). The first-order valence-corrected chi connectivity index (χ1v) is 16.0. The zero-order valence-electron chi connectivity index (χ0n) is 29.7. The Labute approximate surface area is 296 Å². The fraction of sp³-hybridized carbons (Fsp3) is 0.457. The second kappa shape index (κ2) is 18.6. The molecule has 0 fully saturated rings. The average molecular weight is 726 g/mol. The SMILES string of the molecule is CON(C)C(=O)[C@H](C)CC(=O)OC(C)(C)C.C[C@H](NC(=O)OC(C)(C)C)c1cc2cccc(Cl)c2c(=O)o1.Cc1cccc(Cl)c1C(=O)O. The van der Waals surface area contributed by atoms with Crippen LogP contribution in [0.4, 0.5) is 4.79 Å². The summed E-state index contributed by atoms with van der Waals surface area (Å²) in [5, 5.41) is 14.0. The number of nitrogens with one attached hydrogen (secondary N) is 1. The van der Waals surface area contributed by atoms with E-state index >= 15 is 0 Å². The molecule has 1 heterocycles. The third-order valence-corrected chi connectivity index (χ3v) is 6.88. The Morgan fingerprint density at radius 1 is 0.939 bits per heavy atom. The summed E-state index contributed by atoms with van der Waals surface area (Å²) in [5.41, 5.74) is -0.774. The second-order valence-corrected chi connectivity index (χ2v) is 13.8. The summed E-state index contributed by atoms with van der Waals surface area (Å²) < 4.78 is 15.6. The summed E-state index contributed by atoms with van der Waals surface area (Å²) in [4.78, 5) is 62.1. The third-order valence-electron chi connectivity index (χ3n) is 6.25. The first kappa shape index (κ1) is 42.9. The molecule has 49 heavy (non-hydrogen) atoms. The molecule has 14 heteroatoms. The molecule has 2 atom stereocenters. The summed E-state index contributed by atoms with van der Waals surface area (Å²) in [5.74, 6) is -1.70. The Kier molecular flexibility index (Phi) is 16.3. The van der Waals surface area contributed by atoms with E-state index in [4.69, 9.17) is 47.0 Å². The van der Waals surface area contributed by atoms with Crippen LogP contribution in [-0.2, 0) is 23.9 Å². The lowest BCUT2D eigenvalue weighted by Crippen LogP contribution is -2.34. The number of hydroxylamine groups is 2. The Bertz CT molecular complexity index is 1660. The molecule has 2 N–H and O–H groups in total. The molecule has 2 aromatic carbocycles. The minimum Gasteiger partial charge on any atom is -0.478 e. The maximum Gasteiger partial charge on any atom is 0.408 e. The van der Waals surface area contributed by atoms with Gasteiger partial charge in [0.05, 0.1) is 40.6 Å². The number of carbonyl (C=O) groups excluding carboxylic acids is 3. The molecule has 270 valence electrons. The van der Waals surface area contributed by atoms with Gasteiger partial charge >= 0.3 is 23.7 Å². The Balaban J connectivity index is 0.000000391. The monoisotopic (exact) mass is 724 g/mol. The number of carbonyl (C=O) groups is 4. The predicted molar refractivity (Wildman–Crippen MR) is 188 cm³/mol. The van der Waals surface area contributed by atoms with Crippen LogP contribution in [0.25, 0.3) is 10.8 Å². The number of halogens is 2. The van der Waals surface area contributed by atoms with Gasteiger partial charge in [0.25, 0.3) is 0 Å². The van der Waals surface area contributed by atoms with Gasteiger partial charge in [0.2, 0.25) is 5.91 Å². The van der Waals surface area contributed by atoms with Crippen molar-refractivity contribution in [2.24, 2.45) is 5.92 Å². The number of alkyl carbamates (subject to hydrolysis) is 1. The molecular weight excluding hydrogens is 679 g/mol. The van der Waals surface area contributed by atoms with Gasteiger partial charge in [-0.3, -0.25) is 14.4 Å². The van der Waals surface area contributed by atoms with E-state index in [1.165, 1.54) is 14.2 Å². The van der Waals surface area contributed by atoms with Gasteiger partial charge in [-0.1, -0.05) is 54.4 Å². The lowest BCUT2D eigenvalue weighted by atomic mass is 10.1. The topological polar surface area (TPSA) is 162 Å². The quantitative estimate of drug-likeness (QED) is 0.182. The lowest BCUT2D eigenvalue weighted by molar-refractivity contribution is -0.176. The van der Waals surface area contributed by atoms with Gasteiger partial charge in [-0.2, -0.15) is 0 Å². The number of fused-ring (bicyclic) bond motifs is 1. The van der Waals surface area contributed by atoms with Gasteiger partial charge in [-0.15, -0.1) is 0 Å². The van der Waals surface area contributed by atoms with Crippen molar-refractivity contribution in [1.29, 1.82) is 0 Å². The number of nitrogens with zero attached hydrogens (tertiary/aromatic N) is 1.